The van der Waals surface area contributed by atoms with E-state index in [-0.39, 0.29) is 24.3 Å². The van der Waals surface area contributed by atoms with Gasteiger partial charge in [0.1, 0.15) is 12.7 Å². The van der Waals surface area contributed by atoms with Crippen molar-refractivity contribution < 1.29 is 14.4 Å². The maximum absolute atomic E-state index is 13.3. The Labute approximate surface area is 166 Å². The largest absolute Gasteiger partial charge is 0.324 e. The summed E-state index contributed by atoms with van der Waals surface area (Å²) in [6.07, 6.45) is 2.50. The van der Waals surface area contributed by atoms with Crippen molar-refractivity contribution in [2.75, 3.05) is 16.8 Å². The number of anilines is 2. The molecule has 0 spiro atoms. The molecular weight excluding hydrogens is 368 g/mol. The summed E-state index contributed by atoms with van der Waals surface area (Å²) in [7, 11) is 0. The minimum atomic E-state index is -0.649. The molecule has 1 aromatic heterocycles. The predicted octanol–water partition coefficient (Wildman–Crippen LogP) is 2.84. The lowest BCUT2D eigenvalue weighted by molar-refractivity contribution is -0.117. The fraction of sp³-hybridized carbons (Fsp3) is 0.0909. The lowest BCUT2D eigenvalue weighted by Gasteiger charge is -2.40. The Bertz CT molecular complexity index is 1150. The Kier molecular flexibility index (Phi) is 3.87. The smallest absolute Gasteiger partial charge is 0.260 e. The van der Waals surface area contributed by atoms with Crippen molar-refractivity contribution in [3.63, 3.8) is 0 Å². The second kappa shape index (κ2) is 6.56. The summed E-state index contributed by atoms with van der Waals surface area (Å²) in [6, 6.07) is 17.5. The SMILES string of the molecule is O=C(CN1C(=O)c2ccccc2N2C(=O)c3ccccc3[C@H]12)Nc1ccncc1. The molecule has 0 fully saturated rings. The molecule has 7 heteroatoms. The van der Waals surface area contributed by atoms with Crippen molar-refractivity contribution in [1.29, 1.82) is 0 Å². The van der Waals surface area contributed by atoms with Gasteiger partial charge in [-0.1, -0.05) is 30.3 Å². The van der Waals surface area contributed by atoms with Crippen LogP contribution in [0, 0.1) is 0 Å². The lowest BCUT2D eigenvalue weighted by Crippen LogP contribution is -2.50. The number of rotatable bonds is 3. The van der Waals surface area contributed by atoms with Gasteiger partial charge in [0.15, 0.2) is 0 Å². The van der Waals surface area contributed by atoms with Gasteiger partial charge in [0.25, 0.3) is 11.8 Å². The third-order valence-electron chi connectivity index (χ3n) is 5.16. The van der Waals surface area contributed by atoms with E-state index in [2.05, 4.69) is 10.3 Å². The zero-order chi connectivity index (χ0) is 20.0. The van der Waals surface area contributed by atoms with Gasteiger partial charge in [-0.05, 0) is 30.3 Å². The first kappa shape index (κ1) is 17.1. The first-order valence-electron chi connectivity index (χ1n) is 9.17. The quantitative estimate of drug-likeness (QED) is 0.753. The number of fused-ring (bicyclic) bond motifs is 5. The summed E-state index contributed by atoms with van der Waals surface area (Å²) in [5.41, 5.74) is 2.82. The van der Waals surface area contributed by atoms with Gasteiger partial charge in [0, 0.05) is 29.2 Å². The number of amides is 3. The summed E-state index contributed by atoms with van der Waals surface area (Å²) in [6.45, 7) is -0.182. The van der Waals surface area contributed by atoms with E-state index in [4.69, 9.17) is 0 Å². The number of pyridine rings is 1. The van der Waals surface area contributed by atoms with Crippen LogP contribution in [0.3, 0.4) is 0 Å². The zero-order valence-corrected chi connectivity index (χ0v) is 15.3. The summed E-state index contributed by atoms with van der Waals surface area (Å²) >= 11 is 0. The van der Waals surface area contributed by atoms with Gasteiger partial charge in [-0.3, -0.25) is 24.3 Å². The standard InChI is InChI=1S/C22H16N4O3/c27-19(24-14-9-11-23-12-10-14)13-25-20-15-5-1-2-6-16(15)22(29)26(20)18-8-4-3-7-17(18)21(25)28/h1-12,20H,13H2,(H,23,24,27)/t20-/m1/s1. The maximum Gasteiger partial charge on any atom is 0.260 e. The minimum absolute atomic E-state index is 0.176. The molecule has 0 aliphatic carbocycles. The summed E-state index contributed by atoms with van der Waals surface area (Å²) < 4.78 is 0. The number of carbonyl (C=O) groups is 3. The number of carbonyl (C=O) groups excluding carboxylic acids is 3. The van der Waals surface area contributed by atoms with E-state index in [0.29, 0.717) is 22.5 Å². The first-order valence-corrected chi connectivity index (χ1v) is 9.17. The molecule has 2 aromatic carbocycles. The molecule has 0 radical (unpaired) electrons. The van der Waals surface area contributed by atoms with Gasteiger partial charge >= 0.3 is 0 Å². The Morgan fingerprint density at radius 3 is 2.38 bits per heavy atom. The molecule has 5 rings (SSSR count). The van der Waals surface area contributed by atoms with E-state index in [0.717, 1.165) is 5.56 Å². The van der Waals surface area contributed by atoms with E-state index < -0.39 is 6.17 Å². The normalized spacial score (nSPS) is 16.9. The highest BCUT2D eigenvalue weighted by atomic mass is 16.2. The zero-order valence-electron chi connectivity index (χ0n) is 15.3. The average Bonchev–Trinajstić information content (AvgIpc) is 3.05. The Hall–Kier alpha value is -4.00. The molecule has 0 saturated carbocycles. The van der Waals surface area contributed by atoms with Crippen LogP contribution in [0.1, 0.15) is 32.4 Å². The molecule has 2 aliphatic rings. The van der Waals surface area contributed by atoms with Crippen molar-refractivity contribution >= 4 is 29.1 Å². The van der Waals surface area contributed by atoms with E-state index in [1.807, 2.05) is 12.1 Å². The third kappa shape index (κ3) is 2.67. The number of para-hydroxylation sites is 1. The van der Waals surface area contributed by atoms with Gasteiger partial charge in [0.2, 0.25) is 5.91 Å². The van der Waals surface area contributed by atoms with Crippen molar-refractivity contribution in [3.05, 3.63) is 89.7 Å². The van der Waals surface area contributed by atoms with Crippen molar-refractivity contribution in [1.82, 2.24) is 9.88 Å². The molecule has 142 valence electrons. The van der Waals surface area contributed by atoms with Gasteiger partial charge in [0.05, 0.1) is 11.3 Å². The maximum atomic E-state index is 13.3. The molecule has 3 heterocycles. The molecule has 3 aromatic rings. The van der Waals surface area contributed by atoms with Crippen LogP contribution in [0.2, 0.25) is 0 Å². The summed E-state index contributed by atoms with van der Waals surface area (Å²) in [5.74, 6) is -0.804. The van der Waals surface area contributed by atoms with E-state index >= 15 is 0 Å². The van der Waals surface area contributed by atoms with Crippen LogP contribution >= 0.6 is 0 Å². The van der Waals surface area contributed by atoms with Gasteiger partial charge < -0.3 is 10.2 Å². The number of aromatic nitrogens is 1. The monoisotopic (exact) mass is 384 g/mol. The fourth-order valence-electron chi connectivity index (χ4n) is 3.92. The molecule has 1 atom stereocenters. The number of hydrogen-bond donors (Lipinski definition) is 1. The molecule has 0 saturated heterocycles. The predicted molar refractivity (Wildman–Crippen MR) is 106 cm³/mol. The molecule has 2 aliphatic heterocycles. The number of benzene rings is 2. The third-order valence-corrected chi connectivity index (χ3v) is 5.16. The average molecular weight is 384 g/mol. The van der Waals surface area contributed by atoms with Crippen molar-refractivity contribution in [3.8, 4) is 0 Å². The van der Waals surface area contributed by atoms with Crippen LogP contribution in [0.15, 0.2) is 73.1 Å². The van der Waals surface area contributed by atoms with Crippen LogP contribution in [-0.4, -0.2) is 34.2 Å². The second-order valence-corrected chi connectivity index (χ2v) is 6.87. The van der Waals surface area contributed by atoms with E-state index in [1.54, 1.807) is 65.8 Å². The number of hydrogen-bond acceptors (Lipinski definition) is 4. The molecule has 7 nitrogen and oxygen atoms in total. The fourth-order valence-corrected chi connectivity index (χ4v) is 3.92. The summed E-state index contributed by atoms with van der Waals surface area (Å²) in [5, 5.41) is 2.77. The number of nitrogens with zero attached hydrogens (tertiary/aromatic N) is 3. The Morgan fingerprint density at radius 1 is 0.897 bits per heavy atom. The lowest BCUT2D eigenvalue weighted by atomic mass is 10.0. The highest BCUT2D eigenvalue weighted by molar-refractivity contribution is 6.17. The van der Waals surface area contributed by atoms with Crippen molar-refractivity contribution in [2.24, 2.45) is 0 Å². The second-order valence-electron chi connectivity index (χ2n) is 6.87. The highest BCUT2D eigenvalue weighted by Crippen LogP contribution is 2.44. The van der Waals surface area contributed by atoms with Crippen LogP contribution in [0.5, 0.6) is 0 Å². The summed E-state index contributed by atoms with van der Waals surface area (Å²) in [4.78, 5) is 46.0. The van der Waals surface area contributed by atoms with Crippen LogP contribution in [-0.2, 0) is 4.79 Å². The molecular formula is C22H16N4O3. The van der Waals surface area contributed by atoms with Crippen LogP contribution < -0.4 is 10.2 Å². The molecule has 1 N–H and O–H groups in total. The van der Waals surface area contributed by atoms with Gasteiger partial charge in [-0.15, -0.1) is 0 Å². The highest BCUT2D eigenvalue weighted by Gasteiger charge is 2.47. The molecule has 3 amide bonds. The van der Waals surface area contributed by atoms with Crippen molar-refractivity contribution in [2.45, 2.75) is 6.17 Å². The van der Waals surface area contributed by atoms with E-state index in [9.17, 15) is 14.4 Å². The number of nitrogens with one attached hydrogen (secondary N) is 1. The Balaban J connectivity index is 1.55. The van der Waals surface area contributed by atoms with Crippen LogP contribution in [0.25, 0.3) is 0 Å². The topological polar surface area (TPSA) is 82.6 Å². The Morgan fingerprint density at radius 2 is 1.59 bits per heavy atom. The van der Waals surface area contributed by atoms with Gasteiger partial charge in [-0.2, -0.15) is 0 Å². The first-order chi connectivity index (χ1) is 14.1. The van der Waals surface area contributed by atoms with E-state index in [1.165, 1.54) is 4.90 Å². The molecule has 0 bridgehead atoms. The molecule has 29 heavy (non-hydrogen) atoms. The van der Waals surface area contributed by atoms with Crippen LogP contribution in [0.4, 0.5) is 11.4 Å². The molecule has 0 unspecified atom stereocenters. The van der Waals surface area contributed by atoms with Gasteiger partial charge in [-0.25, -0.2) is 0 Å². The minimum Gasteiger partial charge on any atom is -0.324 e.